The molecule has 0 aliphatic carbocycles. The number of nitrogens with one attached hydrogen (secondary N) is 1. The van der Waals surface area contributed by atoms with E-state index in [2.05, 4.69) is 22.0 Å². The molecule has 1 fully saturated rings. The number of hydrogen-bond donors (Lipinski definition) is 1. The summed E-state index contributed by atoms with van der Waals surface area (Å²) in [6, 6.07) is 6.59. The molecule has 0 radical (unpaired) electrons. The molecule has 18 heavy (non-hydrogen) atoms. The summed E-state index contributed by atoms with van der Waals surface area (Å²) in [6.45, 7) is 7.04. The van der Waals surface area contributed by atoms with E-state index in [1.54, 1.807) is 18.2 Å². The number of benzene rings is 1. The zero-order valence-electron chi connectivity index (χ0n) is 10.5. The molecule has 0 atom stereocenters. The number of nitrogens with zero attached hydrogens (tertiary/aromatic N) is 2. The van der Waals surface area contributed by atoms with Crippen LogP contribution in [0.15, 0.2) is 24.3 Å². The van der Waals surface area contributed by atoms with Gasteiger partial charge in [-0.15, -0.1) is 0 Å². The first-order valence-electron chi connectivity index (χ1n) is 6.23. The lowest BCUT2D eigenvalue weighted by atomic mass is 10.3. The highest BCUT2D eigenvalue weighted by atomic mass is 32.1. The van der Waals surface area contributed by atoms with Crippen molar-refractivity contribution in [1.82, 2.24) is 9.80 Å². The molecule has 1 aromatic carbocycles. The van der Waals surface area contributed by atoms with Crippen LogP contribution in [-0.4, -0.2) is 47.6 Å². The minimum absolute atomic E-state index is 0.271. The van der Waals surface area contributed by atoms with E-state index in [9.17, 15) is 4.39 Å². The lowest BCUT2D eigenvalue weighted by Gasteiger charge is -2.35. The van der Waals surface area contributed by atoms with E-state index in [1.165, 1.54) is 6.07 Å². The Morgan fingerprint density at radius 2 is 1.94 bits per heavy atom. The highest BCUT2D eigenvalue weighted by molar-refractivity contribution is 7.80. The number of rotatable bonds is 2. The summed E-state index contributed by atoms with van der Waals surface area (Å²) < 4.78 is 13.5. The van der Waals surface area contributed by atoms with Crippen LogP contribution >= 0.6 is 12.2 Å². The van der Waals surface area contributed by atoms with Crippen molar-refractivity contribution in [3.8, 4) is 0 Å². The van der Waals surface area contributed by atoms with Crippen molar-refractivity contribution in [3.63, 3.8) is 0 Å². The van der Waals surface area contributed by atoms with Gasteiger partial charge < -0.3 is 15.1 Å². The fraction of sp³-hybridized carbons (Fsp3) is 0.462. The van der Waals surface area contributed by atoms with Crippen molar-refractivity contribution < 1.29 is 4.39 Å². The van der Waals surface area contributed by atoms with Crippen molar-refractivity contribution in [1.29, 1.82) is 0 Å². The van der Waals surface area contributed by atoms with Gasteiger partial charge in [0.2, 0.25) is 0 Å². The minimum atomic E-state index is -0.271. The third kappa shape index (κ3) is 3.17. The second-order valence-corrected chi connectivity index (χ2v) is 4.72. The lowest BCUT2D eigenvalue weighted by molar-refractivity contribution is 0.191. The molecule has 98 valence electrons. The van der Waals surface area contributed by atoms with Crippen LogP contribution < -0.4 is 5.32 Å². The fourth-order valence-electron chi connectivity index (χ4n) is 2.02. The van der Waals surface area contributed by atoms with Gasteiger partial charge in [-0.1, -0.05) is 19.1 Å². The Bertz CT molecular complexity index is 416. The van der Waals surface area contributed by atoms with Crippen LogP contribution in [0.5, 0.6) is 0 Å². The third-order valence-corrected chi connectivity index (χ3v) is 3.58. The molecule has 1 aliphatic rings. The van der Waals surface area contributed by atoms with E-state index in [0.717, 1.165) is 32.7 Å². The smallest absolute Gasteiger partial charge is 0.173 e. The van der Waals surface area contributed by atoms with E-state index in [-0.39, 0.29) is 5.82 Å². The van der Waals surface area contributed by atoms with Gasteiger partial charge in [-0.05, 0) is 30.9 Å². The van der Waals surface area contributed by atoms with Gasteiger partial charge in [0, 0.05) is 26.2 Å². The van der Waals surface area contributed by atoms with Gasteiger partial charge in [0.1, 0.15) is 5.82 Å². The quantitative estimate of drug-likeness (QED) is 0.827. The minimum Gasteiger partial charge on any atom is -0.346 e. The molecule has 1 saturated heterocycles. The maximum Gasteiger partial charge on any atom is 0.173 e. The molecular weight excluding hydrogens is 249 g/mol. The second kappa shape index (κ2) is 6.11. The third-order valence-electron chi connectivity index (χ3n) is 3.22. The lowest BCUT2D eigenvalue weighted by Crippen LogP contribution is -2.49. The van der Waals surface area contributed by atoms with Crippen molar-refractivity contribution in [3.05, 3.63) is 30.1 Å². The van der Waals surface area contributed by atoms with Crippen LogP contribution in [0.4, 0.5) is 10.1 Å². The van der Waals surface area contributed by atoms with Gasteiger partial charge in [0.25, 0.3) is 0 Å². The number of hydrogen-bond acceptors (Lipinski definition) is 2. The molecule has 1 aromatic rings. The van der Waals surface area contributed by atoms with E-state index in [4.69, 9.17) is 12.2 Å². The fourth-order valence-corrected chi connectivity index (χ4v) is 2.32. The first-order valence-corrected chi connectivity index (χ1v) is 6.64. The molecule has 0 saturated carbocycles. The zero-order valence-corrected chi connectivity index (χ0v) is 11.3. The maximum atomic E-state index is 13.5. The molecule has 0 aromatic heterocycles. The molecule has 5 heteroatoms. The van der Waals surface area contributed by atoms with Gasteiger partial charge in [-0.3, -0.25) is 0 Å². The number of halogens is 1. The van der Waals surface area contributed by atoms with Crippen LogP contribution in [0, 0.1) is 5.82 Å². The van der Waals surface area contributed by atoms with Crippen molar-refractivity contribution in [2.45, 2.75) is 6.92 Å². The predicted octanol–water partition coefficient (Wildman–Crippen LogP) is 2.16. The van der Waals surface area contributed by atoms with Gasteiger partial charge in [-0.2, -0.15) is 0 Å². The molecule has 1 aliphatic heterocycles. The number of para-hydroxylation sites is 1. The van der Waals surface area contributed by atoms with Crippen molar-refractivity contribution in [2.24, 2.45) is 0 Å². The molecule has 0 unspecified atom stereocenters. The Morgan fingerprint density at radius 3 is 2.56 bits per heavy atom. The number of anilines is 1. The van der Waals surface area contributed by atoms with E-state index < -0.39 is 0 Å². The van der Waals surface area contributed by atoms with E-state index >= 15 is 0 Å². The molecule has 0 amide bonds. The average molecular weight is 267 g/mol. The van der Waals surface area contributed by atoms with Crippen LogP contribution in [0.3, 0.4) is 0 Å². The Balaban J connectivity index is 1.91. The number of thiocarbonyl (C=S) groups is 1. The maximum absolute atomic E-state index is 13.5. The number of likely N-dealkylation sites (N-methyl/N-ethyl adjacent to an activating group) is 1. The molecule has 3 nitrogen and oxygen atoms in total. The summed E-state index contributed by atoms with van der Waals surface area (Å²) in [5.41, 5.74) is 0.445. The monoisotopic (exact) mass is 267 g/mol. The van der Waals surface area contributed by atoms with Crippen molar-refractivity contribution in [2.75, 3.05) is 38.0 Å². The van der Waals surface area contributed by atoms with Gasteiger partial charge in [0.15, 0.2) is 5.11 Å². The van der Waals surface area contributed by atoms with Gasteiger partial charge in [-0.25, -0.2) is 4.39 Å². The van der Waals surface area contributed by atoms with Crippen LogP contribution in [-0.2, 0) is 0 Å². The average Bonchev–Trinajstić information content (AvgIpc) is 2.41. The number of piperazine rings is 1. The van der Waals surface area contributed by atoms with Crippen LogP contribution in [0.2, 0.25) is 0 Å². The van der Waals surface area contributed by atoms with Crippen LogP contribution in [0.1, 0.15) is 6.92 Å². The Labute approximate surface area is 113 Å². The summed E-state index contributed by atoms with van der Waals surface area (Å²) >= 11 is 5.32. The summed E-state index contributed by atoms with van der Waals surface area (Å²) in [7, 11) is 0. The Kier molecular flexibility index (Phi) is 4.49. The zero-order chi connectivity index (χ0) is 13.0. The van der Waals surface area contributed by atoms with Gasteiger partial charge in [0.05, 0.1) is 5.69 Å². The van der Waals surface area contributed by atoms with Crippen LogP contribution in [0.25, 0.3) is 0 Å². The largest absolute Gasteiger partial charge is 0.346 e. The topological polar surface area (TPSA) is 18.5 Å². The van der Waals surface area contributed by atoms with E-state index in [1.807, 2.05) is 0 Å². The highest BCUT2D eigenvalue weighted by Crippen LogP contribution is 2.14. The summed E-state index contributed by atoms with van der Waals surface area (Å²) in [4.78, 5) is 4.47. The highest BCUT2D eigenvalue weighted by Gasteiger charge is 2.18. The standard InChI is InChI=1S/C13H18FN3S/c1-2-16-7-9-17(10-8-16)13(18)15-12-6-4-3-5-11(12)14/h3-6H,2,7-10H2,1H3,(H,15,18). The molecule has 0 bridgehead atoms. The normalized spacial score (nSPS) is 16.7. The SMILES string of the molecule is CCN1CCN(C(=S)Nc2ccccc2F)CC1. The summed E-state index contributed by atoms with van der Waals surface area (Å²) in [5, 5.41) is 3.58. The first kappa shape index (κ1) is 13.2. The molecular formula is C13H18FN3S. The molecule has 1 N–H and O–H groups in total. The second-order valence-electron chi connectivity index (χ2n) is 4.33. The Hall–Kier alpha value is -1.20. The van der Waals surface area contributed by atoms with Crippen molar-refractivity contribution >= 4 is 23.0 Å². The first-order chi connectivity index (χ1) is 8.70. The molecule has 0 spiro atoms. The van der Waals surface area contributed by atoms with Gasteiger partial charge >= 0.3 is 0 Å². The molecule has 2 rings (SSSR count). The summed E-state index contributed by atoms with van der Waals surface area (Å²) in [5.74, 6) is -0.271. The Morgan fingerprint density at radius 1 is 1.28 bits per heavy atom. The summed E-state index contributed by atoms with van der Waals surface area (Å²) in [6.07, 6.45) is 0. The van der Waals surface area contributed by atoms with E-state index in [0.29, 0.717) is 10.8 Å². The predicted molar refractivity (Wildman–Crippen MR) is 76.3 cm³/mol. The molecule has 1 heterocycles.